The highest BCUT2D eigenvalue weighted by Crippen LogP contribution is 2.30. The minimum atomic E-state index is 0.0905. The molecule has 112 valence electrons. The fraction of sp³-hybridized carbons (Fsp3) is 1.00. The van der Waals surface area contributed by atoms with Crippen molar-refractivity contribution >= 4 is 0 Å². The van der Waals surface area contributed by atoms with Crippen molar-refractivity contribution in [1.29, 1.82) is 0 Å². The van der Waals surface area contributed by atoms with Gasteiger partial charge in [0.05, 0.1) is 5.60 Å². The third-order valence-electron chi connectivity index (χ3n) is 4.89. The minimum absolute atomic E-state index is 0.0905. The highest BCUT2D eigenvalue weighted by Gasteiger charge is 2.38. The zero-order valence-corrected chi connectivity index (χ0v) is 13.5. The Labute approximate surface area is 119 Å². The van der Waals surface area contributed by atoms with Crippen molar-refractivity contribution in [2.45, 2.75) is 71.6 Å². The number of hydrogen-bond acceptors (Lipinski definition) is 3. The van der Waals surface area contributed by atoms with Crippen LogP contribution in [-0.4, -0.2) is 48.8 Å². The van der Waals surface area contributed by atoms with Crippen LogP contribution in [0.15, 0.2) is 0 Å². The molecular formula is C16H32N2O. The highest BCUT2D eigenvalue weighted by molar-refractivity contribution is 4.95. The number of hydrogen-bond donors (Lipinski definition) is 1. The van der Waals surface area contributed by atoms with Gasteiger partial charge in [-0.2, -0.15) is 0 Å². The van der Waals surface area contributed by atoms with Gasteiger partial charge in [0.15, 0.2) is 0 Å². The zero-order valence-electron chi connectivity index (χ0n) is 13.5. The van der Waals surface area contributed by atoms with E-state index in [0.717, 1.165) is 26.2 Å². The van der Waals surface area contributed by atoms with Crippen LogP contribution < -0.4 is 5.32 Å². The van der Waals surface area contributed by atoms with Gasteiger partial charge in [-0.25, -0.2) is 0 Å². The SMILES string of the molecule is CCC1CNC(C(C)(C)C)CN1CC1(C)CCCO1. The molecule has 3 atom stereocenters. The van der Waals surface area contributed by atoms with E-state index in [1.54, 1.807) is 0 Å². The van der Waals surface area contributed by atoms with Crippen LogP contribution in [0.3, 0.4) is 0 Å². The average Bonchev–Trinajstić information content (AvgIpc) is 2.74. The molecule has 3 nitrogen and oxygen atoms in total. The largest absolute Gasteiger partial charge is 0.374 e. The lowest BCUT2D eigenvalue weighted by atomic mass is 9.84. The lowest BCUT2D eigenvalue weighted by Gasteiger charge is -2.47. The second kappa shape index (κ2) is 5.71. The molecule has 0 aliphatic carbocycles. The predicted molar refractivity (Wildman–Crippen MR) is 80.5 cm³/mol. The fourth-order valence-electron chi connectivity index (χ4n) is 3.42. The smallest absolute Gasteiger partial charge is 0.0781 e. The van der Waals surface area contributed by atoms with Gasteiger partial charge in [0.25, 0.3) is 0 Å². The van der Waals surface area contributed by atoms with Crippen molar-refractivity contribution in [2.75, 3.05) is 26.2 Å². The number of rotatable bonds is 3. The summed E-state index contributed by atoms with van der Waals surface area (Å²) in [5, 5.41) is 3.74. The van der Waals surface area contributed by atoms with Crippen LogP contribution in [0, 0.1) is 5.41 Å². The van der Waals surface area contributed by atoms with Gasteiger partial charge < -0.3 is 10.1 Å². The van der Waals surface area contributed by atoms with E-state index < -0.39 is 0 Å². The fourth-order valence-corrected chi connectivity index (χ4v) is 3.42. The van der Waals surface area contributed by atoms with Gasteiger partial charge in [-0.3, -0.25) is 4.90 Å². The van der Waals surface area contributed by atoms with Crippen LogP contribution in [0.1, 0.15) is 53.9 Å². The summed E-state index contributed by atoms with van der Waals surface area (Å²) in [6, 6.07) is 1.25. The van der Waals surface area contributed by atoms with Crippen molar-refractivity contribution in [1.82, 2.24) is 10.2 Å². The molecule has 0 saturated carbocycles. The van der Waals surface area contributed by atoms with Crippen LogP contribution in [0.2, 0.25) is 0 Å². The molecule has 2 heterocycles. The summed E-state index contributed by atoms with van der Waals surface area (Å²) in [5.41, 5.74) is 0.418. The number of nitrogens with one attached hydrogen (secondary N) is 1. The normalized spacial score (nSPS) is 37.7. The molecule has 2 saturated heterocycles. The second-order valence-corrected chi connectivity index (χ2v) is 7.72. The molecular weight excluding hydrogens is 236 g/mol. The van der Waals surface area contributed by atoms with Crippen molar-refractivity contribution in [3.8, 4) is 0 Å². The van der Waals surface area contributed by atoms with Gasteiger partial charge in [-0.1, -0.05) is 27.7 Å². The maximum Gasteiger partial charge on any atom is 0.0781 e. The Hall–Kier alpha value is -0.120. The highest BCUT2D eigenvalue weighted by atomic mass is 16.5. The molecule has 2 fully saturated rings. The zero-order chi connectivity index (χ0) is 14.1. The molecule has 0 radical (unpaired) electrons. The topological polar surface area (TPSA) is 24.5 Å². The summed E-state index contributed by atoms with van der Waals surface area (Å²) < 4.78 is 5.99. The minimum Gasteiger partial charge on any atom is -0.374 e. The molecule has 2 rings (SSSR count). The molecule has 0 amide bonds. The van der Waals surface area contributed by atoms with Crippen molar-refractivity contribution < 1.29 is 4.74 Å². The molecule has 2 aliphatic rings. The molecule has 2 aliphatic heterocycles. The molecule has 0 spiro atoms. The maximum atomic E-state index is 5.99. The Kier molecular flexibility index (Phi) is 4.59. The number of piperazine rings is 1. The molecule has 0 aromatic rings. The molecule has 0 aromatic carbocycles. The maximum absolute atomic E-state index is 5.99. The first-order chi connectivity index (χ1) is 8.84. The molecule has 1 N–H and O–H groups in total. The van der Waals surface area contributed by atoms with Crippen molar-refractivity contribution in [3.63, 3.8) is 0 Å². The Balaban J connectivity index is 2.01. The van der Waals surface area contributed by atoms with Crippen LogP contribution in [0.4, 0.5) is 0 Å². The van der Waals surface area contributed by atoms with Gasteiger partial charge >= 0.3 is 0 Å². The van der Waals surface area contributed by atoms with E-state index in [4.69, 9.17) is 4.74 Å². The van der Waals surface area contributed by atoms with Gasteiger partial charge in [0.1, 0.15) is 0 Å². The first-order valence-corrected chi connectivity index (χ1v) is 7.95. The quantitative estimate of drug-likeness (QED) is 0.851. The van der Waals surface area contributed by atoms with Gasteiger partial charge in [0.2, 0.25) is 0 Å². The standard InChI is InChI=1S/C16H32N2O/c1-6-13-10-17-14(15(2,3)4)11-18(13)12-16(5)8-7-9-19-16/h13-14,17H,6-12H2,1-5H3. The Morgan fingerprint density at radius 2 is 2.11 bits per heavy atom. The van der Waals surface area contributed by atoms with Gasteiger partial charge in [0, 0.05) is 38.3 Å². The first kappa shape index (κ1) is 15.3. The van der Waals surface area contributed by atoms with Crippen LogP contribution in [0.5, 0.6) is 0 Å². The Morgan fingerprint density at radius 3 is 2.63 bits per heavy atom. The molecule has 3 heteroatoms. The lowest BCUT2D eigenvalue weighted by Crippen LogP contribution is -2.62. The Morgan fingerprint density at radius 1 is 1.37 bits per heavy atom. The lowest BCUT2D eigenvalue weighted by molar-refractivity contribution is -0.0343. The Bertz CT molecular complexity index is 292. The van der Waals surface area contributed by atoms with E-state index in [-0.39, 0.29) is 5.60 Å². The first-order valence-electron chi connectivity index (χ1n) is 7.95. The summed E-state index contributed by atoms with van der Waals surface area (Å²) in [5.74, 6) is 0. The predicted octanol–water partition coefficient (Wildman–Crippen LogP) is 2.65. The monoisotopic (exact) mass is 268 g/mol. The summed E-state index contributed by atoms with van der Waals surface area (Å²) in [4.78, 5) is 2.68. The molecule has 3 unspecified atom stereocenters. The van der Waals surface area contributed by atoms with Gasteiger partial charge in [-0.15, -0.1) is 0 Å². The molecule has 19 heavy (non-hydrogen) atoms. The van der Waals surface area contributed by atoms with Gasteiger partial charge in [-0.05, 0) is 31.6 Å². The van der Waals surface area contributed by atoms with E-state index in [0.29, 0.717) is 17.5 Å². The van der Waals surface area contributed by atoms with E-state index in [2.05, 4.69) is 44.8 Å². The molecule has 0 aromatic heterocycles. The molecule has 0 bridgehead atoms. The summed E-state index contributed by atoms with van der Waals surface area (Å²) in [6.45, 7) is 15.9. The third-order valence-corrected chi connectivity index (χ3v) is 4.89. The van der Waals surface area contributed by atoms with Crippen LogP contribution in [0.25, 0.3) is 0 Å². The second-order valence-electron chi connectivity index (χ2n) is 7.72. The average molecular weight is 268 g/mol. The third kappa shape index (κ3) is 3.71. The van der Waals surface area contributed by atoms with Crippen molar-refractivity contribution in [2.24, 2.45) is 5.41 Å². The number of nitrogens with zero attached hydrogens (tertiary/aromatic N) is 1. The van der Waals surface area contributed by atoms with Crippen molar-refractivity contribution in [3.05, 3.63) is 0 Å². The number of ether oxygens (including phenoxy) is 1. The summed E-state index contributed by atoms with van der Waals surface area (Å²) >= 11 is 0. The van der Waals surface area contributed by atoms with E-state index in [1.165, 1.54) is 19.3 Å². The van der Waals surface area contributed by atoms with Crippen LogP contribution in [-0.2, 0) is 4.74 Å². The van der Waals surface area contributed by atoms with E-state index in [1.807, 2.05) is 0 Å². The summed E-state index contributed by atoms with van der Waals surface area (Å²) in [6.07, 6.45) is 3.66. The summed E-state index contributed by atoms with van der Waals surface area (Å²) in [7, 11) is 0. The van der Waals surface area contributed by atoms with E-state index >= 15 is 0 Å². The van der Waals surface area contributed by atoms with E-state index in [9.17, 15) is 0 Å². The van der Waals surface area contributed by atoms with Crippen LogP contribution >= 0.6 is 0 Å².